The van der Waals surface area contributed by atoms with Crippen LogP contribution in [-0.2, 0) is 0 Å². The van der Waals surface area contributed by atoms with Gasteiger partial charge in [-0.3, -0.25) is 4.79 Å². The fourth-order valence-electron chi connectivity index (χ4n) is 1.39. The van der Waals surface area contributed by atoms with Crippen molar-refractivity contribution < 1.29 is 24.2 Å². The molecule has 0 atom stereocenters. The number of nitrogens with two attached hydrogens (primary N) is 1. The van der Waals surface area contributed by atoms with E-state index in [1.54, 1.807) is 0 Å². The third kappa shape index (κ3) is 1.77. The van der Waals surface area contributed by atoms with E-state index in [1.165, 1.54) is 20.3 Å². The van der Waals surface area contributed by atoms with Crippen LogP contribution in [-0.4, -0.2) is 31.6 Å². The van der Waals surface area contributed by atoms with Crippen LogP contribution in [0.15, 0.2) is 6.07 Å². The molecule has 0 aliphatic carbocycles. The third-order valence-electron chi connectivity index (χ3n) is 2.04. The van der Waals surface area contributed by atoms with E-state index in [4.69, 9.17) is 20.3 Å². The van der Waals surface area contributed by atoms with Crippen molar-refractivity contribution in [2.24, 2.45) is 0 Å². The fraction of sp³-hybridized carbons (Fsp3) is 0.200. The molecule has 0 amide bonds. The number of nitrogen functional groups attached to an aromatic ring is 1. The van der Waals surface area contributed by atoms with Crippen molar-refractivity contribution in [3.8, 4) is 11.5 Å². The predicted molar refractivity (Wildman–Crippen MR) is 56.3 cm³/mol. The van der Waals surface area contributed by atoms with Crippen molar-refractivity contribution >= 4 is 17.9 Å². The molecule has 0 heterocycles. The van der Waals surface area contributed by atoms with Gasteiger partial charge in [-0.15, -0.1) is 0 Å². The molecular formula is C10H11NO5. The number of carbonyl (C=O) groups excluding carboxylic acids is 1. The molecule has 0 saturated heterocycles. The second-order valence-corrected chi connectivity index (χ2v) is 2.92. The Morgan fingerprint density at radius 1 is 1.38 bits per heavy atom. The second kappa shape index (κ2) is 4.52. The maximum Gasteiger partial charge on any atom is 0.341 e. The zero-order valence-electron chi connectivity index (χ0n) is 8.81. The van der Waals surface area contributed by atoms with Gasteiger partial charge in [-0.2, -0.15) is 0 Å². The lowest BCUT2D eigenvalue weighted by Crippen LogP contribution is -2.08. The molecular weight excluding hydrogens is 214 g/mol. The molecule has 0 bridgehead atoms. The molecule has 86 valence electrons. The number of methoxy groups -OCH3 is 2. The van der Waals surface area contributed by atoms with Crippen molar-refractivity contribution in [2.45, 2.75) is 0 Å². The first-order chi connectivity index (χ1) is 7.56. The normalized spacial score (nSPS) is 9.62. The van der Waals surface area contributed by atoms with Crippen molar-refractivity contribution in [1.29, 1.82) is 0 Å². The molecule has 1 rings (SSSR count). The highest BCUT2D eigenvalue weighted by atomic mass is 16.5. The summed E-state index contributed by atoms with van der Waals surface area (Å²) in [5.74, 6) is -1.24. The second-order valence-electron chi connectivity index (χ2n) is 2.92. The molecule has 0 fully saturated rings. The predicted octanol–water partition coefficient (Wildman–Crippen LogP) is 0.797. The average Bonchev–Trinajstić information content (AvgIpc) is 2.26. The first-order valence-corrected chi connectivity index (χ1v) is 4.29. The lowest BCUT2D eigenvalue weighted by Gasteiger charge is -2.14. The van der Waals surface area contributed by atoms with E-state index in [0.29, 0.717) is 6.29 Å². The fourth-order valence-corrected chi connectivity index (χ4v) is 1.39. The zero-order valence-corrected chi connectivity index (χ0v) is 8.81. The lowest BCUT2D eigenvalue weighted by molar-refractivity contribution is 0.0693. The Hall–Kier alpha value is -2.24. The first-order valence-electron chi connectivity index (χ1n) is 4.29. The summed E-state index contributed by atoms with van der Waals surface area (Å²) in [6.07, 6.45) is 0.517. The van der Waals surface area contributed by atoms with E-state index >= 15 is 0 Å². The number of carbonyl (C=O) groups is 2. The van der Waals surface area contributed by atoms with Crippen LogP contribution in [0.2, 0.25) is 0 Å². The summed E-state index contributed by atoms with van der Waals surface area (Å²) in [6.45, 7) is 0. The van der Waals surface area contributed by atoms with E-state index in [-0.39, 0.29) is 28.3 Å². The Bertz CT molecular complexity index is 441. The van der Waals surface area contributed by atoms with E-state index in [2.05, 4.69) is 0 Å². The summed E-state index contributed by atoms with van der Waals surface area (Å²) in [5.41, 5.74) is 5.40. The molecule has 0 saturated carbocycles. The SMILES string of the molecule is COc1c(C=O)cc(N)c(C(=O)O)c1OC. The number of anilines is 1. The number of ether oxygens (including phenoxy) is 2. The Morgan fingerprint density at radius 2 is 1.94 bits per heavy atom. The number of benzene rings is 1. The quantitative estimate of drug-likeness (QED) is 0.580. The monoisotopic (exact) mass is 225 g/mol. The first kappa shape index (κ1) is 11.8. The van der Waals surface area contributed by atoms with Gasteiger partial charge in [0, 0.05) is 0 Å². The van der Waals surface area contributed by atoms with Crippen molar-refractivity contribution in [3.05, 3.63) is 17.2 Å². The van der Waals surface area contributed by atoms with Crippen molar-refractivity contribution in [1.82, 2.24) is 0 Å². The molecule has 1 aromatic carbocycles. The highest BCUT2D eigenvalue weighted by Gasteiger charge is 2.22. The Kier molecular flexibility index (Phi) is 3.34. The van der Waals surface area contributed by atoms with Crippen LogP contribution in [0.3, 0.4) is 0 Å². The topological polar surface area (TPSA) is 98.9 Å². The van der Waals surface area contributed by atoms with Gasteiger partial charge in [0.2, 0.25) is 0 Å². The van der Waals surface area contributed by atoms with Gasteiger partial charge in [0.05, 0.1) is 25.5 Å². The number of hydrogen-bond acceptors (Lipinski definition) is 5. The van der Waals surface area contributed by atoms with Crippen LogP contribution in [0.5, 0.6) is 11.5 Å². The minimum atomic E-state index is -1.25. The van der Waals surface area contributed by atoms with Gasteiger partial charge in [0.15, 0.2) is 17.8 Å². The molecule has 16 heavy (non-hydrogen) atoms. The Morgan fingerprint density at radius 3 is 2.31 bits per heavy atom. The number of aldehydes is 1. The molecule has 3 N–H and O–H groups in total. The highest BCUT2D eigenvalue weighted by Crippen LogP contribution is 2.37. The number of aromatic carboxylic acids is 1. The molecule has 0 radical (unpaired) electrons. The van der Waals surface area contributed by atoms with Gasteiger partial charge in [-0.25, -0.2) is 4.79 Å². The van der Waals surface area contributed by atoms with Gasteiger partial charge in [-0.1, -0.05) is 0 Å². The average molecular weight is 225 g/mol. The minimum Gasteiger partial charge on any atom is -0.492 e. The van der Waals surface area contributed by atoms with E-state index in [1.807, 2.05) is 0 Å². The molecule has 0 aromatic heterocycles. The van der Waals surface area contributed by atoms with Crippen LogP contribution in [0.4, 0.5) is 5.69 Å². The largest absolute Gasteiger partial charge is 0.492 e. The Labute approximate surface area is 91.6 Å². The summed E-state index contributed by atoms with van der Waals surface area (Å²) < 4.78 is 9.84. The van der Waals surface area contributed by atoms with E-state index < -0.39 is 5.97 Å². The summed E-state index contributed by atoms with van der Waals surface area (Å²) >= 11 is 0. The van der Waals surface area contributed by atoms with E-state index in [0.717, 1.165) is 0 Å². The molecule has 1 aromatic rings. The maximum atomic E-state index is 11.0. The number of carboxylic acid groups (broad SMARTS) is 1. The number of hydrogen-bond donors (Lipinski definition) is 2. The molecule has 0 unspecified atom stereocenters. The zero-order chi connectivity index (χ0) is 12.3. The van der Waals surface area contributed by atoms with Crippen LogP contribution >= 0.6 is 0 Å². The van der Waals surface area contributed by atoms with Crippen LogP contribution in [0.1, 0.15) is 20.7 Å². The van der Waals surface area contributed by atoms with Crippen LogP contribution < -0.4 is 15.2 Å². The minimum absolute atomic E-state index is 0.0488. The van der Waals surface area contributed by atoms with Crippen LogP contribution in [0, 0.1) is 0 Å². The summed E-state index contributed by atoms with van der Waals surface area (Å²) in [6, 6.07) is 1.23. The summed E-state index contributed by atoms with van der Waals surface area (Å²) in [4.78, 5) is 21.7. The van der Waals surface area contributed by atoms with Crippen LogP contribution in [0.25, 0.3) is 0 Å². The molecule has 0 spiro atoms. The summed E-state index contributed by atoms with van der Waals surface area (Å²) in [7, 11) is 2.59. The molecule has 6 nitrogen and oxygen atoms in total. The lowest BCUT2D eigenvalue weighted by atomic mass is 10.1. The van der Waals surface area contributed by atoms with Crippen molar-refractivity contribution in [3.63, 3.8) is 0 Å². The highest BCUT2D eigenvalue weighted by molar-refractivity contribution is 6.00. The third-order valence-corrected chi connectivity index (χ3v) is 2.04. The number of rotatable bonds is 4. The van der Waals surface area contributed by atoms with Gasteiger partial charge >= 0.3 is 5.97 Å². The Balaban J connectivity index is 3.64. The molecule has 6 heteroatoms. The smallest absolute Gasteiger partial charge is 0.341 e. The number of carboxylic acids is 1. The molecule has 0 aliphatic rings. The van der Waals surface area contributed by atoms with Gasteiger partial charge < -0.3 is 20.3 Å². The molecule has 0 aliphatic heterocycles. The van der Waals surface area contributed by atoms with Gasteiger partial charge in [0.25, 0.3) is 0 Å². The van der Waals surface area contributed by atoms with Crippen molar-refractivity contribution in [2.75, 3.05) is 20.0 Å². The van der Waals surface area contributed by atoms with E-state index in [9.17, 15) is 9.59 Å². The standard InChI is InChI=1S/C10H11NO5/c1-15-8-5(4-12)3-6(11)7(10(13)14)9(8)16-2/h3-4H,11H2,1-2H3,(H,13,14). The maximum absolute atomic E-state index is 11.0. The summed E-state index contributed by atoms with van der Waals surface area (Å²) in [5, 5.41) is 8.96. The van der Waals surface area contributed by atoms with Gasteiger partial charge in [0.1, 0.15) is 5.56 Å². The van der Waals surface area contributed by atoms with Gasteiger partial charge in [-0.05, 0) is 6.07 Å².